The van der Waals surface area contributed by atoms with Crippen LogP contribution in [0.1, 0.15) is 0 Å². The number of non-ortho nitro benzene ring substituents is 1. The molecule has 0 spiro atoms. The lowest BCUT2D eigenvalue weighted by atomic mass is 10.0. The lowest BCUT2D eigenvalue weighted by Crippen LogP contribution is -2.50. The molecular formula is C12H11N3O3. The number of hydrogen-bond donors (Lipinski definition) is 1. The summed E-state index contributed by atoms with van der Waals surface area (Å²) in [5.74, 6) is 0. The van der Waals surface area contributed by atoms with Gasteiger partial charge in [0.15, 0.2) is 0 Å². The van der Waals surface area contributed by atoms with Crippen LogP contribution in [0.2, 0.25) is 0 Å². The first-order valence-electron chi connectivity index (χ1n) is 5.61. The lowest BCUT2D eigenvalue weighted by Gasteiger charge is -2.38. The number of hydrogen-bond acceptors (Lipinski definition) is 5. The second-order valence-electron chi connectivity index (χ2n) is 4.34. The molecule has 0 radical (unpaired) electrons. The van der Waals surface area contributed by atoms with Crippen molar-refractivity contribution < 1.29 is 10.0 Å². The van der Waals surface area contributed by atoms with Crippen LogP contribution in [0.25, 0.3) is 10.8 Å². The topological polar surface area (TPSA) is 79.5 Å². The summed E-state index contributed by atoms with van der Waals surface area (Å²) in [6, 6.07) is 4.98. The lowest BCUT2D eigenvalue weighted by molar-refractivity contribution is -0.383. The molecule has 0 aliphatic carbocycles. The van der Waals surface area contributed by atoms with Gasteiger partial charge in [0.1, 0.15) is 0 Å². The Kier molecular flexibility index (Phi) is 2.38. The highest BCUT2D eigenvalue weighted by Crippen LogP contribution is 2.34. The van der Waals surface area contributed by atoms with Gasteiger partial charge in [0.05, 0.1) is 16.4 Å². The molecule has 1 aliphatic heterocycles. The number of nitro groups is 1. The average Bonchev–Trinajstić information content (AvgIpc) is 2.33. The van der Waals surface area contributed by atoms with E-state index in [4.69, 9.17) is 0 Å². The van der Waals surface area contributed by atoms with E-state index in [0.29, 0.717) is 18.5 Å². The summed E-state index contributed by atoms with van der Waals surface area (Å²) in [6.45, 7) is 1.13. The third kappa shape index (κ3) is 1.58. The van der Waals surface area contributed by atoms with Gasteiger partial charge in [0.25, 0.3) is 5.69 Å². The van der Waals surface area contributed by atoms with Crippen molar-refractivity contribution in [1.29, 1.82) is 0 Å². The summed E-state index contributed by atoms with van der Waals surface area (Å²) in [5, 5.41) is 21.6. The molecule has 1 fully saturated rings. The zero-order valence-electron chi connectivity index (χ0n) is 9.48. The van der Waals surface area contributed by atoms with E-state index in [2.05, 4.69) is 4.98 Å². The van der Waals surface area contributed by atoms with Crippen molar-refractivity contribution >= 4 is 22.1 Å². The molecule has 0 bridgehead atoms. The van der Waals surface area contributed by atoms with Crippen LogP contribution in [0, 0.1) is 10.1 Å². The number of nitro benzene ring substituents is 1. The minimum Gasteiger partial charge on any atom is -0.389 e. The second kappa shape index (κ2) is 3.92. The minimum absolute atomic E-state index is 0.0583. The van der Waals surface area contributed by atoms with E-state index in [0.717, 1.165) is 11.1 Å². The Morgan fingerprint density at radius 2 is 2.11 bits per heavy atom. The zero-order chi connectivity index (χ0) is 12.7. The molecule has 92 valence electrons. The monoisotopic (exact) mass is 245 g/mol. The molecule has 1 aromatic carbocycles. The molecule has 0 unspecified atom stereocenters. The largest absolute Gasteiger partial charge is 0.389 e. The highest BCUT2D eigenvalue weighted by atomic mass is 16.6. The first-order valence-corrected chi connectivity index (χ1v) is 5.61. The summed E-state index contributed by atoms with van der Waals surface area (Å²) >= 11 is 0. The molecule has 2 heterocycles. The fourth-order valence-electron chi connectivity index (χ4n) is 2.25. The van der Waals surface area contributed by atoms with Gasteiger partial charge in [-0.2, -0.15) is 0 Å². The molecule has 1 aliphatic rings. The molecular weight excluding hydrogens is 234 g/mol. The number of anilines is 1. The number of fused-ring (bicyclic) bond motifs is 1. The van der Waals surface area contributed by atoms with Crippen LogP contribution in [0.4, 0.5) is 11.4 Å². The van der Waals surface area contributed by atoms with E-state index >= 15 is 0 Å². The van der Waals surface area contributed by atoms with Crippen molar-refractivity contribution in [3.63, 3.8) is 0 Å². The first-order chi connectivity index (χ1) is 8.66. The predicted octanol–water partition coefficient (Wildman–Crippen LogP) is 1.32. The number of aliphatic hydroxyl groups is 1. The van der Waals surface area contributed by atoms with Crippen molar-refractivity contribution in [2.24, 2.45) is 0 Å². The quantitative estimate of drug-likeness (QED) is 0.637. The molecule has 1 saturated heterocycles. The maximum Gasteiger partial charge on any atom is 0.278 e. The average molecular weight is 245 g/mol. The number of β-amino-alcohol motifs (C(OH)–C–C–N with tert-alkyl or cyclic N) is 1. The standard InChI is InChI=1S/C12H11N3O3/c16-8-6-14(7-8)11-1-2-12(15(17)18)10-5-13-4-3-9(10)11/h1-5,8,16H,6-7H2. The zero-order valence-corrected chi connectivity index (χ0v) is 9.48. The number of benzene rings is 1. The van der Waals surface area contributed by atoms with E-state index < -0.39 is 4.92 Å². The molecule has 0 saturated carbocycles. The molecule has 1 N–H and O–H groups in total. The molecule has 18 heavy (non-hydrogen) atoms. The summed E-state index contributed by atoms with van der Waals surface area (Å²) < 4.78 is 0. The summed E-state index contributed by atoms with van der Waals surface area (Å²) in [4.78, 5) is 16.5. The van der Waals surface area contributed by atoms with E-state index in [9.17, 15) is 15.2 Å². The third-order valence-corrected chi connectivity index (χ3v) is 3.17. The van der Waals surface area contributed by atoms with Gasteiger partial charge in [-0.1, -0.05) is 0 Å². The minimum atomic E-state index is -0.404. The van der Waals surface area contributed by atoms with Gasteiger partial charge in [-0.05, 0) is 12.1 Å². The van der Waals surface area contributed by atoms with Gasteiger partial charge < -0.3 is 10.0 Å². The van der Waals surface area contributed by atoms with Crippen LogP contribution < -0.4 is 4.90 Å². The molecule has 6 nitrogen and oxygen atoms in total. The highest BCUT2D eigenvalue weighted by Gasteiger charge is 2.27. The van der Waals surface area contributed by atoms with Crippen LogP contribution in [-0.2, 0) is 0 Å². The Labute approximate surface area is 103 Å². The molecule has 2 aromatic rings. The number of aliphatic hydroxyl groups excluding tert-OH is 1. The SMILES string of the molecule is O=[N+]([O-])c1ccc(N2CC(O)C2)c2ccncc12. The summed E-state index contributed by atoms with van der Waals surface area (Å²) in [5.41, 5.74) is 0.964. The van der Waals surface area contributed by atoms with E-state index in [1.54, 1.807) is 18.3 Å². The molecule has 6 heteroatoms. The van der Waals surface area contributed by atoms with Crippen LogP contribution in [-0.4, -0.2) is 34.2 Å². The Morgan fingerprint density at radius 1 is 1.33 bits per heavy atom. The van der Waals surface area contributed by atoms with Gasteiger partial charge in [-0.25, -0.2) is 0 Å². The normalized spacial score (nSPS) is 15.7. The Morgan fingerprint density at radius 3 is 2.78 bits per heavy atom. The Bertz CT molecular complexity index is 623. The van der Waals surface area contributed by atoms with Crippen LogP contribution >= 0.6 is 0 Å². The van der Waals surface area contributed by atoms with Gasteiger partial charge in [-0.15, -0.1) is 0 Å². The van der Waals surface area contributed by atoms with Crippen LogP contribution in [0.5, 0.6) is 0 Å². The maximum atomic E-state index is 11.0. The van der Waals surface area contributed by atoms with Crippen molar-refractivity contribution in [3.05, 3.63) is 40.7 Å². The fraction of sp³-hybridized carbons (Fsp3) is 0.250. The predicted molar refractivity (Wildman–Crippen MR) is 66.6 cm³/mol. The third-order valence-electron chi connectivity index (χ3n) is 3.17. The van der Waals surface area contributed by atoms with E-state index in [1.165, 1.54) is 12.3 Å². The van der Waals surface area contributed by atoms with Gasteiger partial charge in [0, 0.05) is 42.6 Å². The van der Waals surface area contributed by atoms with E-state index in [1.807, 2.05) is 4.90 Å². The molecule has 1 aromatic heterocycles. The smallest absolute Gasteiger partial charge is 0.278 e. The number of nitrogens with zero attached hydrogens (tertiary/aromatic N) is 3. The summed E-state index contributed by atoms with van der Waals surface area (Å²) in [7, 11) is 0. The Balaban J connectivity index is 2.17. The van der Waals surface area contributed by atoms with Crippen molar-refractivity contribution in [1.82, 2.24) is 4.98 Å². The molecule has 0 atom stereocenters. The van der Waals surface area contributed by atoms with Crippen molar-refractivity contribution in [3.8, 4) is 0 Å². The first kappa shape index (κ1) is 10.9. The number of rotatable bonds is 2. The van der Waals surface area contributed by atoms with Crippen molar-refractivity contribution in [2.45, 2.75) is 6.10 Å². The fourth-order valence-corrected chi connectivity index (χ4v) is 2.25. The number of aromatic nitrogens is 1. The van der Waals surface area contributed by atoms with Gasteiger partial charge in [-0.3, -0.25) is 15.1 Å². The molecule has 0 amide bonds. The van der Waals surface area contributed by atoms with Gasteiger partial charge in [0.2, 0.25) is 0 Å². The van der Waals surface area contributed by atoms with Crippen molar-refractivity contribution in [2.75, 3.05) is 18.0 Å². The van der Waals surface area contributed by atoms with Crippen LogP contribution in [0.3, 0.4) is 0 Å². The van der Waals surface area contributed by atoms with Gasteiger partial charge >= 0.3 is 0 Å². The highest BCUT2D eigenvalue weighted by molar-refractivity contribution is 5.99. The molecule has 3 rings (SSSR count). The van der Waals surface area contributed by atoms with Crippen LogP contribution in [0.15, 0.2) is 30.6 Å². The Hall–Kier alpha value is -2.21. The van der Waals surface area contributed by atoms with E-state index in [-0.39, 0.29) is 11.8 Å². The number of pyridine rings is 1. The second-order valence-corrected chi connectivity index (χ2v) is 4.34. The maximum absolute atomic E-state index is 11.0. The summed E-state index contributed by atoms with van der Waals surface area (Å²) in [6.07, 6.45) is 2.82.